The third-order valence-electron chi connectivity index (χ3n) is 6.05. The molecule has 1 unspecified atom stereocenters. The highest BCUT2D eigenvalue weighted by Crippen LogP contribution is 2.28. The molecule has 0 aliphatic carbocycles. The van der Waals surface area contributed by atoms with Crippen LogP contribution in [0.5, 0.6) is 5.75 Å². The first-order valence-corrected chi connectivity index (χ1v) is 13.4. The van der Waals surface area contributed by atoms with Gasteiger partial charge in [-0.3, -0.25) is 4.79 Å². The summed E-state index contributed by atoms with van der Waals surface area (Å²) in [6.45, 7) is 15.5. The van der Waals surface area contributed by atoms with Crippen molar-refractivity contribution < 1.29 is 9.53 Å². The smallest absolute Gasteiger partial charge is 0.234 e. The van der Waals surface area contributed by atoms with Crippen molar-refractivity contribution in [3.05, 3.63) is 65.0 Å². The third-order valence-corrected chi connectivity index (χ3v) is 7.02. The standard InChI is InChI=1S/C28H38N4O2S/c1-8-20-12-11-13-21(9-2)25(20)29-24(33)18-35-27-31-30-26(32(27)10-3)19(4)34-23-16-14-22(15-17-23)28(5,6)7/h11-17,19H,8-10,18H2,1-7H3,(H,29,33). The maximum atomic E-state index is 12.8. The molecular weight excluding hydrogens is 456 g/mol. The molecule has 1 amide bonds. The molecule has 0 fully saturated rings. The largest absolute Gasteiger partial charge is 0.483 e. The Bertz CT molecular complexity index is 1110. The Morgan fingerprint density at radius 3 is 2.20 bits per heavy atom. The number of carbonyl (C=O) groups excluding carboxylic acids is 1. The Morgan fingerprint density at radius 1 is 1.03 bits per heavy atom. The average Bonchev–Trinajstić information content (AvgIpc) is 3.25. The maximum Gasteiger partial charge on any atom is 0.234 e. The number of benzene rings is 2. The van der Waals surface area contributed by atoms with E-state index in [9.17, 15) is 4.79 Å². The van der Waals surface area contributed by atoms with Gasteiger partial charge in [-0.1, -0.05) is 76.7 Å². The summed E-state index contributed by atoms with van der Waals surface area (Å²) in [7, 11) is 0. The van der Waals surface area contributed by atoms with Gasteiger partial charge in [-0.2, -0.15) is 0 Å². The minimum atomic E-state index is -0.269. The van der Waals surface area contributed by atoms with E-state index < -0.39 is 0 Å². The highest BCUT2D eigenvalue weighted by atomic mass is 32.2. The van der Waals surface area contributed by atoms with Gasteiger partial charge >= 0.3 is 0 Å². The summed E-state index contributed by atoms with van der Waals surface area (Å²) in [6.07, 6.45) is 1.48. The molecule has 0 radical (unpaired) electrons. The second-order valence-corrected chi connectivity index (χ2v) is 10.6. The summed E-state index contributed by atoms with van der Waals surface area (Å²) in [5.41, 5.74) is 4.62. The lowest BCUT2D eigenvalue weighted by atomic mass is 9.87. The molecule has 1 atom stereocenters. The van der Waals surface area contributed by atoms with Crippen LogP contribution >= 0.6 is 11.8 Å². The van der Waals surface area contributed by atoms with Crippen LogP contribution in [0.25, 0.3) is 0 Å². The highest BCUT2D eigenvalue weighted by molar-refractivity contribution is 7.99. The fourth-order valence-corrected chi connectivity index (χ4v) is 4.81. The zero-order valence-corrected chi connectivity index (χ0v) is 22.8. The molecule has 7 heteroatoms. The molecule has 6 nitrogen and oxygen atoms in total. The number of anilines is 1. The van der Waals surface area contributed by atoms with Crippen molar-refractivity contribution in [1.29, 1.82) is 0 Å². The monoisotopic (exact) mass is 494 g/mol. The van der Waals surface area contributed by atoms with Gasteiger partial charge in [0, 0.05) is 12.2 Å². The molecule has 1 N–H and O–H groups in total. The van der Waals surface area contributed by atoms with Crippen LogP contribution in [-0.4, -0.2) is 26.4 Å². The number of nitrogens with zero attached hydrogens (tertiary/aromatic N) is 3. The van der Waals surface area contributed by atoms with Crippen LogP contribution in [0.4, 0.5) is 5.69 Å². The fourth-order valence-electron chi connectivity index (χ4n) is 4.00. The first-order chi connectivity index (χ1) is 16.7. The van der Waals surface area contributed by atoms with Crippen molar-refractivity contribution in [2.45, 2.75) is 84.5 Å². The molecule has 3 aromatic rings. The van der Waals surface area contributed by atoms with Gasteiger partial charge < -0.3 is 14.6 Å². The number of hydrogen-bond donors (Lipinski definition) is 1. The number of rotatable bonds is 10. The summed E-state index contributed by atoms with van der Waals surface area (Å²) >= 11 is 1.40. The molecule has 0 aliphatic rings. The summed E-state index contributed by atoms with van der Waals surface area (Å²) in [4.78, 5) is 12.8. The maximum absolute atomic E-state index is 12.8. The molecule has 1 heterocycles. The van der Waals surface area contributed by atoms with Crippen LogP contribution in [0.2, 0.25) is 0 Å². The van der Waals surface area contributed by atoms with E-state index in [1.54, 1.807) is 0 Å². The minimum Gasteiger partial charge on any atom is -0.483 e. The SMILES string of the molecule is CCc1cccc(CC)c1NC(=O)CSc1nnc(C(C)Oc2ccc(C(C)(C)C)cc2)n1CC. The van der Waals surface area contributed by atoms with Gasteiger partial charge in [0.25, 0.3) is 0 Å². The van der Waals surface area contributed by atoms with Gasteiger partial charge in [0.1, 0.15) is 5.75 Å². The Morgan fingerprint density at radius 2 is 1.66 bits per heavy atom. The summed E-state index contributed by atoms with van der Waals surface area (Å²) in [6, 6.07) is 14.4. The molecule has 1 aromatic heterocycles. The Balaban J connectivity index is 1.66. The van der Waals surface area contributed by atoms with Crippen molar-refractivity contribution in [2.75, 3.05) is 11.1 Å². The van der Waals surface area contributed by atoms with Crippen molar-refractivity contribution in [3.8, 4) is 5.75 Å². The van der Waals surface area contributed by atoms with E-state index in [0.29, 0.717) is 6.54 Å². The average molecular weight is 495 g/mol. The number of aryl methyl sites for hydroxylation is 2. The molecule has 3 rings (SSSR count). The van der Waals surface area contributed by atoms with Crippen LogP contribution < -0.4 is 10.1 Å². The summed E-state index contributed by atoms with van der Waals surface area (Å²) in [5, 5.41) is 12.6. The molecule has 0 spiro atoms. The molecule has 0 bridgehead atoms. The topological polar surface area (TPSA) is 69.0 Å². The normalized spacial score (nSPS) is 12.4. The summed E-state index contributed by atoms with van der Waals surface area (Å²) < 4.78 is 8.19. The van der Waals surface area contributed by atoms with Gasteiger partial charge in [0.05, 0.1) is 5.75 Å². The number of hydrogen-bond acceptors (Lipinski definition) is 5. The van der Waals surface area contributed by atoms with Crippen LogP contribution in [0.3, 0.4) is 0 Å². The van der Waals surface area contributed by atoms with E-state index in [4.69, 9.17) is 4.74 Å². The van der Waals surface area contributed by atoms with Crippen molar-refractivity contribution in [1.82, 2.24) is 14.8 Å². The Kier molecular flexibility index (Phi) is 9.00. The van der Waals surface area contributed by atoms with Gasteiger partial charge in [-0.25, -0.2) is 0 Å². The number of aromatic nitrogens is 3. The number of para-hydroxylation sites is 1. The number of carbonyl (C=O) groups is 1. The molecule has 188 valence electrons. The van der Waals surface area contributed by atoms with Gasteiger partial charge in [-0.15, -0.1) is 10.2 Å². The molecular formula is C28H38N4O2S. The van der Waals surface area contributed by atoms with E-state index in [-0.39, 0.29) is 23.2 Å². The molecule has 0 saturated heterocycles. The first kappa shape index (κ1) is 26.8. The number of thioether (sulfide) groups is 1. The van der Waals surface area contributed by atoms with E-state index in [1.807, 2.05) is 30.5 Å². The lowest BCUT2D eigenvalue weighted by molar-refractivity contribution is -0.113. The second-order valence-electron chi connectivity index (χ2n) is 9.61. The van der Waals surface area contributed by atoms with Crippen LogP contribution in [-0.2, 0) is 29.6 Å². The predicted molar refractivity (Wildman–Crippen MR) is 144 cm³/mol. The predicted octanol–water partition coefficient (Wildman–Crippen LogP) is 6.59. The Hall–Kier alpha value is -2.80. The first-order valence-electron chi connectivity index (χ1n) is 12.4. The van der Waals surface area contributed by atoms with E-state index in [1.165, 1.54) is 17.3 Å². The molecule has 0 saturated carbocycles. The third kappa shape index (κ3) is 6.66. The van der Waals surface area contributed by atoms with Gasteiger partial charge in [0.2, 0.25) is 5.91 Å². The number of ether oxygens (including phenoxy) is 1. The highest BCUT2D eigenvalue weighted by Gasteiger charge is 2.20. The zero-order chi connectivity index (χ0) is 25.6. The molecule has 35 heavy (non-hydrogen) atoms. The quantitative estimate of drug-likeness (QED) is 0.322. The van der Waals surface area contributed by atoms with E-state index >= 15 is 0 Å². The van der Waals surface area contributed by atoms with E-state index in [2.05, 4.69) is 80.5 Å². The van der Waals surface area contributed by atoms with Gasteiger partial charge in [-0.05, 0) is 60.9 Å². The van der Waals surface area contributed by atoms with Crippen LogP contribution in [0, 0.1) is 0 Å². The van der Waals surface area contributed by atoms with E-state index in [0.717, 1.165) is 46.4 Å². The number of amides is 1. The van der Waals surface area contributed by atoms with Crippen LogP contribution in [0.1, 0.15) is 77.1 Å². The molecule has 0 aliphatic heterocycles. The van der Waals surface area contributed by atoms with Crippen molar-refractivity contribution in [3.63, 3.8) is 0 Å². The summed E-state index contributed by atoms with van der Waals surface area (Å²) in [5.74, 6) is 1.77. The Labute approximate surface area is 213 Å². The number of nitrogens with one attached hydrogen (secondary N) is 1. The van der Waals surface area contributed by atoms with Crippen molar-refractivity contribution >= 4 is 23.4 Å². The molecule has 2 aromatic carbocycles. The second kappa shape index (κ2) is 11.8. The minimum absolute atomic E-state index is 0.0407. The van der Waals surface area contributed by atoms with Crippen molar-refractivity contribution in [2.24, 2.45) is 0 Å². The zero-order valence-electron chi connectivity index (χ0n) is 22.0. The van der Waals surface area contributed by atoms with Gasteiger partial charge in [0.15, 0.2) is 17.1 Å². The lowest BCUT2D eigenvalue weighted by Crippen LogP contribution is -2.17. The fraction of sp³-hybridized carbons (Fsp3) is 0.464. The lowest BCUT2D eigenvalue weighted by Gasteiger charge is -2.20. The van der Waals surface area contributed by atoms with Crippen LogP contribution in [0.15, 0.2) is 47.6 Å².